The van der Waals surface area contributed by atoms with E-state index in [0.717, 1.165) is 24.8 Å². The van der Waals surface area contributed by atoms with Crippen molar-refractivity contribution in [1.82, 2.24) is 9.80 Å². The van der Waals surface area contributed by atoms with Crippen LogP contribution in [0.3, 0.4) is 0 Å². The van der Waals surface area contributed by atoms with Gasteiger partial charge in [-0.2, -0.15) is 0 Å². The lowest BCUT2D eigenvalue weighted by molar-refractivity contribution is 0.0583. The fraction of sp³-hybridized carbons (Fsp3) is 0.348. The first kappa shape index (κ1) is 19.3. The van der Waals surface area contributed by atoms with Gasteiger partial charge >= 0.3 is 0 Å². The Labute approximate surface area is 170 Å². The second-order valence-electron chi connectivity index (χ2n) is 7.86. The van der Waals surface area contributed by atoms with Crippen molar-refractivity contribution in [2.45, 2.75) is 44.8 Å². The second-order valence-corrected chi connectivity index (χ2v) is 7.86. The molecule has 0 saturated carbocycles. The Bertz CT molecular complexity index is 934. The number of amides is 3. The van der Waals surface area contributed by atoms with Crippen molar-refractivity contribution >= 4 is 17.7 Å². The molecule has 2 N–H and O–H groups in total. The molecule has 29 heavy (non-hydrogen) atoms. The van der Waals surface area contributed by atoms with Crippen LogP contribution in [0, 0.1) is 0 Å². The van der Waals surface area contributed by atoms with E-state index in [0.29, 0.717) is 23.2 Å². The van der Waals surface area contributed by atoms with Crippen molar-refractivity contribution in [1.29, 1.82) is 0 Å². The average molecular weight is 391 g/mol. The van der Waals surface area contributed by atoms with Gasteiger partial charge in [0.25, 0.3) is 17.7 Å². The van der Waals surface area contributed by atoms with Crippen molar-refractivity contribution in [2.75, 3.05) is 6.54 Å². The van der Waals surface area contributed by atoms with Gasteiger partial charge in [0.2, 0.25) is 0 Å². The molecule has 1 fully saturated rings. The number of carbonyl (C=O) groups is 3. The average Bonchev–Trinajstić information content (AvgIpc) is 2.98. The summed E-state index contributed by atoms with van der Waals surface area (Å²) in [5, 5.41) is 0. The van der Waals surface area contributed by atoms with Crippen molar-refractivity contribution in [3.05, 3.63) is 70.8 Å². The van der Waals surface area contributed by atoms with Gasteiger partial charge in [-0.15, -0.1) is 0 Å². The van der Waals surface area contributed by atoms with Crippen LogP contribution in [0.15, 0.2) is 48.5 Å². The number of hydrogen-bond donors (Lipinski definition) is 1. The largest absolute Gasteiger partial charge is 0.334 e. The number of imide groups is 1. The van der Waals surface area contributed by atoms with Crippen LogP contribution in [0.2, 0.25) is 0 Å². The van der Waals surface area contributed by atoms with E-state index in [-0.39, 0.29) is 36.3 Å². The molecule has 6 nitrogen and oxygen atoms in total. The highest BCUT2D eigenvalue weighted by atomic mass is 16.2. The van der Waals surface area contributed by atoms with Gasteiger partial charge in [-0.1, -0.05) is 24.3 Å². The van der Waals surface area contributed by atoms with E-state index < -0.39 is 0 Å². The van der Waals surface area contributed by atoms with Gasteiger partial charge in [0.05, 0.1) is 17.7 Å². The van der Waals surface area contributed by atoms with Gasteiger partial charge in [0.1, 0.15) is 0 Å². The minimum absolute atomic E-state index is 0.0381. The summed E-state index contributed by atoms with van der Waals surface area (Å²) in [6.45, 7) is 2.78. The molecular weight excluding hydrogens is 366 g/mol. The number of hydrogen-bond acceptors (Lipinski definition) is 4. The number of benzene rings is 2. The van der Waals surface area contributed by atoms with Gasteiger partial charge in [0, 0.05) is 24.2 Å². The molecule has 6 heteroatoms. The lowest BCUT2D eigenvalue weighted by atomic mass is 9.95. The van der Waals surface area contributed by atoms with Gasteiger partial charge < -0.3 is 10.6 Å². The van der Waals surface area contributed by atoms with Crippen LogP contribution in [0.4, 0.5) is 0 Å². The Morgan fingerprint density at radius 2 is 1.76 bits per heavy atom. The smallest absolute Gasteiger partial charge is 0.261 e. The fourth-order valence-electron chi connectivity index (χ4n) is 4.29. The minimum Gasteiger partial charge on any atom is -0.334 e. The zero-order valence-electron chi connectivity index (χ0n) is 16.5. The van der Waals surface area contributed by atoms with E-state index >= 15 is 0 Å². The second kappa shape index (κ2) is 7.79. The number of likely N-dealkylation sites (tertiary alicyclic amines) is 1. The van der Waals surface area contributed by atoms with Crippen LogP contribution >= 0.6 is 0 Å². The molecule has 150 valence electrons. The zero-order valence-corrected chi connectivity index (χ0v) is 16.5. The lowest BCUT2D eigenvalue weighted by Crippen LogP contribution is -2.51. The van der Waals surface area contributed by atoms with Crippen LogP contribution in [0.5, 0.6) is 0 Å². The maximum absolute atomic E-state index is 13.1. The maximum atomic E-state index is 13.1. The van der Waals surface area contributed by atoms with E-state index in [2.05, 4.69) is 0 Å². The molecule has 0 bridgehead atoms. The Morgan fingerprint density at radius 3 is 2.41 bits per heavy atom. The topological polar surface area (TPSA) is 83.7 Å². The third-order valence-corrected chi connectivity index (χ3v) is 5.81. The standard InChI is InChI=1S/C23H25N3O3/c1-15(24)20-11-4-5-12-25(20)21(27)17-8-6-7-16(13-17)14-26-22(28)18-9-2-3-10-19(18)23(26)29/h2-3,6-10,13,15,20H,4-5,11-12,14,24H2,1H3. The molecular formula is C23H25N3O3. The summed E-state index contributed by atoms with van der Waals surface area (Å²) in [5.74, 6) is -0.637. The first-order valence-corrected chi connectivity index (χ1v) is 10.1. The van der Waals surface area contributed by atoms with Gasteiger partial charge in [-0.25, -0.2) is 0 Å². The number of carbonyl (C=O) groups excluding carboxylic acids is 3. The molecule has 4 rings (SSSR count). The summed E-state index contributed by atoms with van der Waals surface area (Å²) in [5.41, 5.74) is 8.28. The highest BCUT2D eigenvalue weighted by Gasteiger charge is 2.35. The third kappa shape index (κ3) is 3.56. The molecule has 0 aromatic heterocycles. The van der Waals surface area contributed by atoms with Crippen molar-refractivity contribution < 1.29 is 14.4 Å². The highest BCUT2D eigenvalue weighted by molar-refractivity contribution is 6.21. The fourth-order valence-corrected chi connectivity index (χ4v) is 4.29. The van der Waals surface area contributed by atoms with Crippen LogP contribution < -0.4 is 5.73 Å². The number of piperidine rings is 1. The van der Waals surface area contributed by atoms with Crippen molar-refractivity contribution in [3.63, 3.8) is 0 Å². The number of nitrogens with two attached hydrogens (primary N) is 1. The van der Waals surface area contributed by atoms with Crippen LogP contribution in [0.1, 0.15) is 62.8 Å². The zero-order chi connectivity index (χ0) is 20.5. The Hall–Kier alpha value is -2.99. The number of nitrogens with zero attached hydrogens (tertiary/aromatic N) is 2. The van der Waals surface area contributed by atoms with E-state index in [1.54, 1.807) is 42.5 Å². The Balaban J connectivity index is 1.55. The molecule has 2 unspecified atom stereocenters. The van der Waals surface area contributed by atoms with E-state index in [4.69, 9.17) is 5.73 Å². The molecule has 2 aliphatic heterocycles. The molecule has 2 aliphatic rings. The summed E-state index contributed by atoms with van der Waals surface area (Å²) in [6.07, 6.45) is 2.97. The quantitative estimate of drug-likeness (QED) is 0.813. The molecule has 0 spiro atoms. The Kier molecular flexibility index (Phi) is 5.20. The summed E-state index contributed by atoms with van der Waals surface area (Å²) in [4.78, 5) is 41.5. The SMILES string of the molecule is CC(N)C1CCCCN1C(=O)c1cccc(CN2C(=O)c3ccccc3C2=O)c1. The van der Waals surface area contributed by atoms with E-state index in [9.17, 15) is 14.4 Å². The maximum Gasteiger partial charge on any atom is 0.261 e. The van der Waals surface area contributed by atoms with E-state index in [1.807, 2.05) is 17.9 Å². The molecule has 2 heterocycles. The first-order chi connectivity index (χ1) is 14.0. The molecule has 2 atom stereocenters. The summed E-state index contributed by atoms with van der Waals surface area (Å²) < 4.78 is 0. The molecule has 3 amide bonds. The molecule has 2 aromatic rings. The molecule has 1 saturated heterocycles. The summed E-state index contributed by atoms with van der Waals surface area (Å²) >= 11 is 0. The molecule has 0 aliphatic carbocycles. The minimum atomic E-state index is -0.296. The lowest BCUT2D eigenvalue weighted by Gasteiger charge is -2.38. The van der Waals surface area contributed by atoms with Crippen LogP contribution in [0.25, 0.3) is 0 Å². The normalized spacial score (nSPS) is 20.0. The van der Waals surface area contributed by atoms with Crippen LogP contribution in [-0.4, -0.2) is 46.1 Å². The number of fused-ring (bicyclic) bond motifs is 1. The van der Waals surface area contributed by atoms with Gasteiger partial charge in [-0.05, 0) is 56.0 Å². The number of rotatable bonds is 4. The third-order valence-electron chi connectivity index (χ3n) is 5.81. The van der Waals surface area contributed by atoms with Gasteiger partial charge in [-0.3, -0.25) is 19.3 Å². The summed E-state index contributed by atoms with van der Waals surface area (Å²) in [6, 6.07) is 14.0. The van der Waals surface area contributed by atoms with Crippen molar-refractivity contribution in [2.24, 2.45) is 5.73 Å². The first-order valence-electron chi connectivity index (χ1n) is 10.1. The predicted octanol–water partition coefficient (Wildman–Crippen LogP) is 2.82. The molecule has 2 aromatic carbocycles. The van der Waals surface area contributed by atoms with E-state index in [1.165, 1.54) is 4.90 Å². The van der Waals surface area contributed by atoms with Crippen molar-refractivity contribution in [3.8, 4) is 0 Å². The predicted molar refractivity (Wildman–Crippen MR) is 109 cm³/mol. The Morgan fingerprint density at radius 1 is 1.07 bits per heavy atom. The van der Waals surface area contributed by atoms with Gasteiger partial charge in [0.15, 0.2) is 0 Å². The highest BCUT2D eigenvalue weighted by Crippen LogP contribution is 2.25. The molecule has 0 radical (unpaired) electrons. The summed E-state index contributed by atoms with van der Waals surface area (Å²) in [7, 11) is 0. The van der Waals surface area contributed by atoms with Crippen LogP contribution in [-0.2, 0) is 6.54 Å². The monoisotopic (exact) mass is 391 g/mol.